The van der Waals surface area contributed by atoms with Crippen molar-refractivity contribution in [3.63, 3.8) is 0 Å². The summed E-state index contributed by atoms with van der Waals surface area (Å²) in [5.74, 6) is -2.22. The molecule has 0 amide bonds. The van der Waals surface area contributed by atoms with Gasteiger partial charge in [0.25, 0.3) is 0 Å². The van der Waals surface area contributed by atoms with E-state index in [0.717, 1.165) is 0 Å². The van der Waals surface area contributed by atoms with Gasteiger partial charge in [0.2, 0.25) is 5.79 Å². The molecule has 2 aliphatic heterocycles. The fourth-order valence-electron chi connectivity index (χ4n) is 2.63. The molecule has 2 unspecified atom stereocenters. The molecular weight excluding hydrogens is 320 g/mol. The minimum atomic E-state index is -2.22. The number of hydrogen-bond acceptors (Lipinski definition) is 11. The van der Waals surface area contributed by atoms with E-state index >= 15 is 0 Å². The Hall–Kier alpha value is -0.440. The van der Waals surface area contributed by atoms with E-state index in [0.29, 0.717) is 0 Å². The normalized spacial score (nSPS) is 51.1. The maximum atomic E-state index is 10.00. The van der Waals surface area contributed by atoms with Crippen LogP contribution in [-0.2, 0) is 14.2 Å². The van der Waals surface area contributed by atoms with Crippen molar-refractivity contribution in [3.8, 4) is 0 Å². The molecule has 9 atom stereocenters. The van der Waals surface area contributed by atoms with Crippen molar-refractivity contribution in [1.82, 2.24) is 0 Å². The lowest BCUT2D eigenvalue weighted by Gasteiger charge is -2.43. The van der Waals surface area contributed by atoms with Gasteiger partial charge in [-0.05, 0) is 0 Å². The first-order valence-electron chi connectivity index (χ1n) is 7.05. The van der Waals surface area contributed by atoms with E-state index in [1.165, 1.54) is 0 Å². The molecule has 11 nitrogen and oxygen atoms in total. The van der Waals surface area contributed by atoms with Crippen LogP contribution >= 0.6 is 0 Å². The molecule has 0 saturated carbocycles. The molecule has 0 spiro atoms. The third kappa shape index (κ3) is 3.23. The number of rotatable bonds is 5. The number of ether oxygens (including phenoxy) is 3. The number of aliphatic hydroxyl groups is 8. The van der Waals surface area contributed by atoms with Gasteiger partial charge < -0.3 is 55.1 Å². The number of aliphatic hydroxyl groups excluding tert-OH is 8. The monoisotopic (exact) mass is 342 g/mol. The quantitative estimate of drug-likeness (QED) is 0.238. The highest BCUT2D eigenvalue weighted by Gasteiger charge is 2.58. The molecule has 0 aliphatic carbocycles. The van der Waals surface area contributed by atoms with E-state index in [4.69, 9.17) is 24.4 Å². The fourth-order valence-corrected chi connectivity index (χ4v) is 2.63. The van der Waals surface area contributed by atoms with Gasteiger partial charge in [0.05, 0.1) is 13.2 Å². The molecule has 0 aromatic heterocycles. The summed E-state index contributed by atoms with van der Waals surface area (Å²) in [6.07, 6.45) is -12.7. The van der Waals surface area contributed by atoms with Crippen LogP contribution in [0, 0.1) is 0 Å². The highest BCUT2D eigenvalue weighted by molar-refractivity contribution is 4.98. The van der Waals surface area contributed by atoms with E-state index in [2.05, 4.69) is 0 Å². The van der Waals surface area contributed by atoms with Crippen LogP contribution in [0.5, 0.6) is 0 Å². The Morgan fingerprint density at radius 1 is 0.783 bits per heavy atom. The van der Waals surface area contributed by atoms with Gasteiger partial charge in [0.1, 0.15) is 49.3 Å². The molecule has 2 rings (SSSR count). The fraction of sp³-hybridized carbons (Fsp3) is 1.00. The Kier molecular flexibility index (Phi) is 5.92. The van der Waals surface area contributed by atoms with Crippen molar-refractivity contribution < 1.29 is 55.1 Å². The topological polar surface area (TPSA) is 190 Å². The van der Waals surface area contributed by atoms with Crippen LogP contribution in [0.1, 0.15) is 0 Å². The van der Waals surface area contributed by atoms with E-state index in [9.17, 15) is 30.6 Å². The maximum absolute atomic E-state index is 10.00. The molecular formula is C12H22O11. The highest BCUT2D eigenvalue weighted by atomic mass is 16.8. The summed E-state index contributed by atoms with van der Waals surface area (Å²) in [4.78, 5) is 0. The van der Waals surface area contributed by atoms with Gasteiger partial charge in [-0.15, -0.1) is 0 Å². The van der Waals surface area contributed by atoms with E-state index < -0.39 is 74.6 Å². The van der Waals surface area contributed by atoms with Crippen molar-refractivity contribution in [2.45, 2.75) is 54.8 Å². The summed E-state index contributed by atoms with van der Waals surface area (Å²) in [5.41, 5.74) is 0. The first-order chi connectivity index (χ1) is 10.8. The minimum Gasteiger partial charge on any atom is -0.394 e. The predicted molar refractivity (Wildman–Crippen MR) is 68.6 cm³/mol. The molecule has 23 heavy (non-hydrogen) atoms. The lowest BCUT2D eigenvalue weighted by Crippen LogP contribution is -2.62. The zero-order chi connectivity index (χ0) is 17.4. The second-order valence-corrected chi connectivity index (χ2v) is 5.56. The Morgan fingerprint density at radius 3 is 1.87 bits per heavy atom. The van der Waals surface area contributed by atoms with E-state index in [-0.39, 0.29) is 0 Å². The number of hydrogen-bond donors (Lipinski definition) is 8. The van der Waals surface area contributed by atoms with Crippen LogP contribution in [0.2, 0.25) is 0 Å². The standard InChI is InChI=1S/C12H22O11/c13-1-4-6(16)8(18)9(19)11(21-4)23-12(3-15)10(20)7(17)5(2-14)22-12/h4-11,13-20H,1-3H2/t4-,5-,6+,7-,8+,9+,10+,11?,12?/m1/s1. The SMILES string of the molecule is OC[C@H]1OC(OC2(CO)O[C@H](CO)[C@@H](O)[C@@H]2O)[C@@H](O)[C@@H](O)[C@H]1O. The Bertz CT molecular complexity index is 393. The summed E-state index contributed by atoms with van der Waals surface area (Å²) in [7, 11) is 0. The average molecular weight is 342 g/mol. The largest absolute Gasteiger partial charge is 0.394 e. The van der Waals surface area contributed by atoms with Crippen molar-refractivity contribution in [3.05, 3.63) is 0 Å². The second kappa shape index (κ2) is 7.21. The summed E-state index contributed by atoms with van der Waals surface area (Å²) in [6, 6.07) is 0. The first kappa shape index (κ1) is 18.9. The summed E-state index contributed by atoms with van der Waals surface area (Å²) in [5, 5.41) is 76.7. The highest BCUT2D eigenvalue weighted by Crippen LogP contribution is 2.35. The third-order valence-electron chi connectivity index (χ3n) is 4.07. The molecule has 8 N–H and O–H groups in total. The summed E-state index contributed by atoms with van der Waals surface area (Å²) in [6.45, 7) is -2.32. The molecule has 2 heterocycles. The van der Waals surface area contributed by atoms with Gasteiger partial charge in [-0.3, -0.25) is 0 Å². The molecule has 2 saturated heterocycles. The van der Waals surface area contributed by atoms with Gasteiger partial charge in [0.15, 0.2) is 6.29 Å². The van der Waals surface area contributed by atoms with Gasteiger partial charge >= 0.3 is 0 Å². The lowest BCUT2D eigenvalue weighted by molar-refractivity contribution is -0.383. The van der Waals surface area contributed by atoms with Crippen LogP contribution in [0.15, 0.2) is 0 Å². The molecule has 11 heteroatoms. The Morgan fingerprint density at radius 2 is 1.39 bits per heavy atom. The molecule has 2 fully saturated rings. The first-order valence-corrected chi connectivity index (χ1v) is 7.05. The van der Waals surface area contributed by atoms with Crippen molar-refractivity contribution in [2.24, 2.45) is 0 Å². The molecule has 0 aromatic carbocycles. The molecule has 0 radical (unpaired) electrons. The van der Waals surface area contributed by atoms with Crippen LogP contribution < -0.4 is 0 Å². The Labute approximate surface area is 130 Å². The van der Waals surface area contributed by atoms with E-state index in [1.54, 1.807) is 0 Å². The van der Waals surface area contributed by atoms with Crippen LogP contribution in [0.3, 0.4) is 0 Å². The summed E-state index contributed by atoms with van der Waals surface area (Å²) < 4.78 is 15.4. The molecule has 136 valence electrons. The van der Waals surface area contributed by atoms with Gasteiger partial charge in [-0.25, -0.2) is 0 Å². The second-order valence-electron chi connectivity index (χ2n) is 5.56. The Balaban J connectivity index is 2.18. The van der Waals surface area contributed by atoms with Crippen LogP contribution in [0.4, 0.5) is 0 Å². The molecule has 0 bridgehead atoms. The zero-order valence-corrected chi connectivity index (χ0v) is 12.0. The molecule has 2 aliphatic rings. The lowest BCUT2D eigenvalue weighted by atomic mass is 9.99. The van der Waals surface area contributed by atoms with E-state index in [1.807, 2.05) is 0 Å². The van der Waals surface area contributed by atoms with Gasteiger partial charge in [-0.1, -0.05) is 0 Å². The third-order valence-corrected chi connectivity index (χ3v) is 4.07. The maximum Gasteiger partial charge on any atom is 0.224 e. The van der Waals surface area contributed by atoms with Crippen LogP contribution in [-0.4, -0.2) is 115 Å². The predicted octanol–water partition coefficient (Wildman–Crippen LogP) is -5.40. The van der Waals surface area contributed by atoms with Crippen molar-refractivity contribution in [2.75, 3.05) is 19.8 Å². The minimum absolute atomic E-state index is 0.669. The zero-order valence-electron chi connectivity index (χ0n) is 12.0. The molecule has 0 aromatic rings. The van der Waals surface area contributed by atoms with Crippen molar-refractivity contribution in [1.29, 1.82) is 0 Å². The van der Waals surface area contributed by atoms with Crippen molar-refractivity contribution >= 4 is 0 Å². The summed E-state index contributed by atoms with van der Waals surface area (Å²) >= 11 is 0. The van der Waals surface area contributed by atoms with Gasteiger partial charge in [-0.2, -0.15) is 0 Å². The van der Waals surface area contributed by atoms with Gasteiger partial charge in [0, 0.05) is 0 Å². The smallest absolute Gasteiger partial charge is 0.224 e. The van der Waals surface area contributed by atoms with Crippen LogP contribution in [0.25, 0.3) is 0 Å². The average Bonchev–Trinajstić information content (AvgIpc) is 2.80.